The van der Waals surface area contributed by atoms with Gasteiger partial charge in [-0.25, -0.2) is 0 Å². The zero-order chi connectivity index (χ0) is 26.6. The molecule has 0 saturated carbocycles. The summed E-state index contributed by atoms with van der Waals surface area (Å²) in [6.07, 6.45) is 3.51. The van der Waals surface area contributed by atoms with E-state index in [-0.39, 0.29) is 17.4 Å². The van der Waals surface area contributed by atoms with E-state index in [1.54, 1.807) is 11.8 Å². The van der Waals surface area contributed by atoms with Gasteiger partial charge in [0.1, 0.15) is 5.75 Å². The van der Waals surface area contributed by atoms with Crippen LogP contribution in [0.5, 0.6) is 5.75 Å². The third kappa shape index (κ3) is 7.86. The number of aromatic nitrogens is 1. The molecule has 0 fully saturated rings. The van der Waals surface area contributed by atoms with Crippen molar-refractivity contribution in [1.29, 1.82) is 0 Å². The van der Waals surface area contributed by atoms with E-state index in [1.165, 1.54) is 11.1 Å². The predicted molar refractivity (Wildman–Crippen MR) is 153 cm³/mol. The Balaban J connectivity index is 1.39. The van der Waals surface area contributed by atoms with Gasteiger partial charge in [0.15, 0.2) is 0 Å². The molecule has 0 spiro atoms. The second kappa shape index (κ2) is 14.2. The summed E-state index contributed by atoms with van der Waals surface area (Å²) in [6.45, 7) is 2.63. The Bertz CT molecular complexity index is 1320. The molecule has 38 heavy (non-hydrogen) atoms. The number of carbonyl (C=O) groups is 1. The van der Waals surface area contributed by atoms with E-state index in [2.05, 4.69) is 29.2 Å². The van der Waals surface area contributed by atoms with Crippen LogP contribution in [0.25, 0.3) is 0 Å². The molecular weight excluding hydrogens is 494 g/mol. The Morgan fingerprint density at radius 1 is 0.895 bits per heavy atom. The van der Waals surface area contributed by atoms with Crippen LogP contribution >= 0.6 is 11.8 Å². The van der Waals surface area contributed by atoms with E-state index >= 15 is 0 Å². The lowest BCUT2D eigenvalue weighted by Gasteiger charge is -2.19. The van der Waals surface area contributed by atoms with Crippen LogP contribution in [0.2, 0.25) is 0 Å². The summed E-state index contributed by atoms with van der Waals surface area (Å²) in [4.78, 5) is 28.2. The van der Waals surface area contributed by atoms with Crippen LogP contribution in [0.15, 0.2) is 107 Å². The molecule has 1 heterocycles. The maximum Gasteiger partial charge on any atom is 0.305 e. The molecule has 6 heteroatoms. The molecule has 1 aromatic heterocycles. The lowest BCUT2D eigenvalue weighted by Crippen LogP contribution is -2.17. The van der Waals surface area contributed by atoms with Crippen molar-refractivity contribution in [3.63, 3.8) is 0 Å². The molecule has 0 aliphatic rings. The smallest absolute Gasteiger partial charge is 0.305 e. The van der Waals surface area contributed by atoms with Crippen LogP contribution in [0.1, 0.15) is 47.9 Å². The van der Waals surface area contributed by atoms with E-state index in [4.69, 9.17) is 9.47 Å². The molecular formula is C32H33NO4S. The Labute approximate surface area is 228 Å². The van der Waals surface area contributed by atoms with E-state index in [0.29, 0.717) is 31.6 Å². The number of rotatable bonds is 13. The Kier molecular flexibility index (Phi) is 10.2. The van der Waals surface area contributed by atoms with Crippen LogP contribution < -0.4 is 10.3 Å². The third-order valence-electron chi connectivity index (χ3n) is 6.15. The quantitative estimate of drug-likeness (QED) is 0.120. The minimum absolute atomic E-state index is 0.0199. The van der Waals surface area contributed by atoms with Gasteiger partial charge in [0, 0.05) is 35.4 Å². The molecule has 0 aliphatic heterocycles. The van der Waals surface area contributed by atoms with E-state index in [1.807, 2.05) is 79.9 Å². The highest BCUT2D eigenvalue weighted by molar-refractivity contribution is 7.99. The average molecular weight is 528 g/mol. The molecule has 4 rings (SSSR count). The van der Waals surface area contributed by atoms with Crippen LogP contribution in [0.3, 0.4) is 0 Å². The van der Waals surface area contributed by atoms with Gasteiger partial charge in [0.25, 0.3) is 5.56 Å². The number of aromatic amines is 1. The molecule has 0 amide bonds. The zero-order valence-corrected chi connectivity index (χ0v) is 22.4. The second-order valence-corrected chi connectivity index (χ2v) is 10.0. The number of ether oxygens (including phenoxy) is 2. The number of thioether (sulfide) groups is 1. The van der Waals surface area contributed by atoms with Crippen LogP contribution in [-0.4, -0.2) is 29.9 Å². The molecule has 4 aromatic rings. The second-order valence-electron chi connectivity index (χ2n) is 8.87. The highest BCUT2D eigenvalue weighted by Gasteiger charge is 2.18. The molecule has 0 unspecified atom stereocenters. The highest BCUT2D eigenvalue weighted by atomic mass is 32.2. The van der Waals surface area contributed by atoms with Gasteiger partial charge in [0.2, 0.25) is 0 Å². The van der Waals surface area contributed by atoms with Gasteiger partial charge in [-0.15, -0.1) is 11.8 Å². The van der Waals surface area contributed by atoms with Gasteiger partial charge in [0.05, 0.1) is 13.2 Å². The van der Waals surface area contributed by atoms with Crippen molar-refractivity contribution >= 4 is 17.7 Å². The number of pyridine rings is 1. The average Bonchev–Trinajstić information content (AvgIpc) is 2.94. The van der Waals surface area contributed by atoms with Crippen molar-refractivity contribution in [3.05, 3.63) is 130 Å². The van der Waals surface area contributed by atoms with Crippen molar-refractivity contribution in [3.8, 4) is 5.75 Å². The lowest BCUT2D eigenvalue weighted by molar-refractivity contribution is -0.143. The van der Waals surface area contributed by atoms with Gasteiger partial charge >= 0.3 is 5.97 Å². The lowest BCUT2D eigenvalue weighted by atomic mass is 9.85. The van der Waals surface area contributed by atoms with Gasteiger partial charge in [-0.05, 0) is 60.1 Å². The van der Waals surface area contributed by atoms with Crippen molar-refractivity contribution < 1.29 is 14.3 Å². The zero-order valence-electron chi connectivity index (χ0n) is 21.6. The Morgan fingerprint density at radius 2 is 1.61 bits per heavy atom. The number of H-pyrrole nitrogens is 1. The van der Waals surface area contributed by atoms with Crippen molar-refractivity contribution in [2.75, 3.05) is 19.0 Å². The van der Waals surface area contributed by atoms with E-state index < -0.39 is 0 Å². The van der Waals surface area contributed by atoms with Crippen molar-refractivity contribution in [2.24, 2.45) is 0 Å². The molecule has 196 valence electrons. The fraction of sp³-hybridized carbons (Fsp3) is 0.250. The monoisotopic (exact) mass is 527 g/mol. The Hall–Kier alpha value is -3.77. The third-order valence-corrected chi connectivity index (χ3v) is 7.23. The summed E-state index contributed by atoms with van der Waals surface area (Å²) in [5, 5.41) is 0. The fourth-order valence-corrected chi connectivity index (χ4v) is 5.24. The number of hydrogen-bond donors (Lipinski definition) is 1. The number of benzene rings is 3. The van der Waals surface area contributed by atoms with Crippen LogP contribution in [0, 0.1) is 0 Å². The van der Waals surface area contributed by atoms with Crippen molar-refractivity contribution in [1.82, 2.24) is 4.98 Å². The summed E-state index contributed by atoms with van der Waals surface area (Å²) >= 11 is 1.69. The van der Waals surface area contributed by atoms with E-state index in [0.717, 1.165) is 28.4 Å². The predicted octanol–water partition coefficient (Wildman–Crippen LogP) is 6.61. The normalized spacial score (nSPS) is 10.9. The molecule has 0 atom stereocenters. The maximum atomic E-state index is 12.7. The number of nitrogens with one attached hydrogen (secondary N) is 1. The molecule has 0 saturated heterocycles. The molecule has 5 nitrogen and oxygen atoms in total. The SMILES string of the molecule is CCOC(=O)CCCSc1cccc(OCCc2cc(C(c3ccccc3)c3ccccc3)c[nH]c2=O)c1. The summed E-state index contributed by atoms with van der Waals surface area (Å²) in [7, 11) is 0. The molecule has 3 aromatic carbocycles. The standard InChI is InChI=1S/C32H33NO4S/c1-2-36-30(34)17-10-20-38-29-16-9-15-28(22-29)37-19-18-26-21-27(23-33-32(26)35)31(24-11-5-3-6-12-24)25-13-7-4-8-14-25/h3-9,11-16,21-23,31H,2,10,17-20H2,1H3,(H,33,35). The summed E-state index contributed by atoms with van der Waals surface area (Å²) in [6, 6.07) is 30.6. The summed E-state index contributed by atoms with van der Waals surface area (Å²) in [5.74, 6) is 1.46. The largest absolute Gasteiger partial charge is 0.493 e. The van der Waals surface area contributed by atoms with Crippen LogP contribution in [-0.2, 0) is 16.0 Å². The number of hydrogen-bond acceptors (Lipinski definition) is 5. The topological polar surface area (TPSA) is 68.4 Å². The molecule has 1 N–H and O–H groups in total. The van der Waals surface area contributed by atoms with Gasteiger partial charge in [-0.3, -0.25) is 9.59 Å². The molecule has 0 bridgehead atoms. The van der Waals surface area contributed by atoms with Gasteiger partial charge < -0.3 is 14.5 Å². The molecule has 0 aliphatic carbocycles. The Morgan fingerprint density at radius 3 is 2.29 bits per heavy atom. The number of esters is 1. The summed E-state index contributed by atoms with van der Waals surface area (Å²) < 4.78 is 11.0. The minimum Gasteiger partial charge on any atom is -0.493 e. The highest BCUT2D eigenvalue weighted by Crippen LogP contribution is 2.31. The summed E-state index contributed by atoms with van der Waals surface area (Å²) in [5.41, 5.74) is 3.99. The first-order chi connectivity index (χ1) is 18.6. The first-order valence-electron chi connectivity index (χ1n) is 13.0. The first kappa shape index (κ1) is 27.3. The van der Waals surface area contributed by atoms with E-state index in [9.17, 15) is 9.59 Å². The maximum absolute atomic E-state index is 12.7. The van der Waals surface area contributed by atoms with Gasteiger partial charge in [-0.2, -0.15) is 0 Å². The fourth-order valence-electron chi connectivity index (χ4n) is 4.34. The first-order valence-corrected chi connectivity index (χ1v) is 13.9. The van der Waals surface area contributed by atoms with Crippen LogP contribution in [0.4, 0.5) is 0 Å². The number of carbonyl (C=O) groups excluding carboxylic acids is 1. The van der Waals surface area contributed by atoms with Gasteiger partial charge in [-0.1, -0.05) is 66.7 Å². The molecule has 0 radical (unpaired) electrons. The minimum atomic E-state index is -0.150. The van der Waals surface area contributed by atoms with Crippen molar-refractivity contribution in [2.45, 2.75) is 37.0 Å².